The Bertz CT molecular complexity index is 1440. The molecule has 9 nitrogen and oxygen atoms in total. The van der Waals surface area contributed by atoms with Gasteiger partial charge < -0.3 is 20.1 Å². The number of benzene rings is 2. The third-order valence-electron chi connectivity index (χ3n) is 5.51. The fraction of sp³-hybridized carbons (Fsp3) is 0.240. The highest BCUT2D eigenvalue weighted by Gasteiger charge is 2.21. The summed E-state index contributed by atoms with van der Waals surface area (Å²) in [4.78, 5) is 20.9. The van der Waals surface area contributed by atoms with E-state index in [1.54, 1.807) is 50.3 Å². The molecule has 1 aliphatic heterocycles. The van der Waals surface area contributed by atoms with E-state index < -0.39 is 21.1 Å². The first-order valence-corrected chi connectivity index (χ1v) is 13.1. The highest BCUT2D eigenvalue weighted by atomic mass is 35.5. The maximum Gasteiger partial charge on any atom is 0.333 e. The van der Waals surface area contributed by atoms with Crippen molar-refractivity contribution in [3.63, 3.8) is 0 Å². The van der Waals surface area contributed by atoms with Crippen molar-refractivity contribution >= 4 is 50.8 Å². The van der Waals surface area contributed by atoms with Crippen LogP contribution in [0.4, 0.5) is 17.3 Å². The molecule has 1 aromatic heterocycles. The number of methoxy groups -OCH3 is 1. The second-order valence-corrected chi connectivity index (χ2v) is 11.2. The van der Waals surface area contributed by atoms with Crippen molar-refractivity contribution in [3.8, 4) is 11.5 Å². The summed E-state index contributed by atoms with van der Waals surface area (Å²) >= 11 is 6.48. The van der Waals surface area contributed by atoms with Crippen molar-refractivity contribution in [1.29, 1.82) is 0 Å². The molecule has 188 valence electrons. The van der Waals surface area contributed by atoms with Gasteiger partial charge in [-0.1, -0.05) is 17.7 Å². The molecule has 0 fully saturated rings. The minimum Gasteiger partial charge on any atom is -0.466 e. The van der Waals surface area contributed by atoms with Crippen LogP contribution < -0.4 is 15.4 Å². The Balaban J connectivity index is 1.58. The molecule has 0 aliphatic carbocycles. The first kappa shape index (κ1) is 25.5. The molecule has 0 saturated carbocycles. The van der Waals surface area contributed by atoms with Gasteiger partial charge in [-0.2, -0.15) is 0 Å². The Hall–Kier alpha value is -3.63. The normalized spacial score (nSPS) is 13.2. The summed E-state index contributed by atoms with van der Waals surface area (Å²) in [5, 5.41) is 6.15. The maximum absolute atomic E-state index is 12.5. The minimum absolute atomic E-state index is 0.182. The lowest BCUT2D eigenvalue weighted by molar-refractivity contribution is -0.136. The van der Waals surface area contributed by atoms with Crippen LogP contribution in [0.5, 0.6) is 11.5 Å². The van der Waals surface area contributed by atoms with E-state index in [1.807, 2.05) is 0 Å². The van der Waals surface area contributed by atoms with Gasteiger partial charge in [0.1, 0.15) is 29.5 Å². The molecule has 2 heterocycles. The van der Waals surface area contributed by atoms with Crippen LogP contribution in [0, 0.1) is 0 Å². The van der Waals surface area contributed by atoms with E-state index in [0.29, 0.717) is 57.9 Å². The largest absolute Gasteiger partial charge is 0.466 e. The van der Waals surface area contributed by atoms with Crippen LogP contribution in [0.25, 0.3) is 6.08 Å². The molecule has 3 aromatic rings. The Morgan fingerprint density at radius 1 is 1.17 bits per heavy atom. The smallest absolute Gasteiger partial charge is 0.333 e. The van der Waals surface area contributed by atoms with Crippen LogP contribution >= 0.6 is 11.6 Å². The van der Waals surface area contributed by atoms with Crippen molar-refractivity contribution in [1.82, 2.24) is 9.97 Å². The Labute approximate surface area is 214 Å². The topological polar surface area (TPSA) is 120 Å². The fourth-order valence-corrected chi connectivity index (χ4v) is 4.85. The van der Waals surface area contributed by atoms with Gasteiger partial charge in [-0.3, -0.25) is 0 Å². The van der Waals surface area contributed by atoms with Gasteiger partial charge >= 0.3 is 5.97 Å². The molecule has 2 N–H and O–H groups in total. The molecule has 0 spiro atoms. The summed E-state index contributed by atoms with van der Waals surface area (Å²) in [6, 6.07) is 11.4. The zero-order valence-electron chi connectivity index (χ0n) is 19.9. The van der Waals surface area contributed by atoms with Gasteiger partial charge in [0.25, 0.3) is 0 Å². The SMILES string of the molecule is COC(=O)C1=Cc2c(ncnc2Nc2ccc(Oc3cccc(S(=O)(=O)C(C)C)c3)c(Cl)c2)NCC1. The van der Waals surface area contributed by atoms with Gasteiger partial charge in [0.2, 0.25) is 0 Å². The van der Waals surface area contributed by atoms with Crippen molar-refractivity contribution in [2.75, 3.05) is 24.3 Å². The van der Waals surface area contributed by atoms with Crippen LogP contribution in [0.1, 0.15) is 25.8 Å². The molecule has 0 atom stereocenters. The number of anilines is 3. The summed E-state index contributed by atoms with van der Waals surface area (Å²) in [6.07, 6.45) is 3.61. The van der Waals surface area contributed by atoms with E-state index in [0.717, 1.165) is 0 Å². The molecule has 0 amide bonds. The van der Waals surface area contributed by atoms with E-state index in [2.05, 4.69) is 20.6 Å². The number of esters is 1. The third-order valence-corrected chi connectivity index (χ3v) is 7.96. The lowest BCUT2D eigenvalue weighted by Gasteiger charge is -2.14. The molecular formula is C25H25ClN4O5S. The molecule has 0 radical (unpaired) electrons. The zero-order valence-corrected chi connectivity index (χ0v) is 21.5. The second kappa shape index (κ2) is 10.5. The fourth-order valence-electron chi connectivity index (χ4n) is 3.54. The van der Waals surface area contributed by atoms with Crippen LogP contribution in [0.3, 0.4) is 0 Å². The number of ether oxygens (including phenoxy) is 2. The molecule has 4 rings (SSSR count). The number of nitrogens with zero attached hydrogens (tertiary/aromatic N) is 2. The first-order chi connectivity index (χ1) is 17.2. The standard InChI is InChI=1S/C25H25ClN4O5S/c1-15(2)36(32,33)19-6-4-5-18(13-19)35-22-8-7-17(12-21(22)26)30-24-20-11-16(25(31)34-3)9-10-27-23(20)28-14-29-24/h4-8,11-15H,9-10H2,1-3H3,(H2,27,28,29,30). The van der Waals surface area contributed by atoms with E-state index in [9.17, 15) is 13.2 Å². The summed E-state index contributed by atoms with van der Waals surface area (Å²) in [5.41, 5.74) is 1.75. The van der Waals surface area contributed by atoms with E-state index in [4.69, 9.17) is 21.1 Å². The first-order valence-electron chi connectivity index (χ1n) is 11.1. The van der Waals surface area contributed by atoms with E-state index in [1.165, 1.54) is 25.6 Å². The predicted octanol–water partition coefficient (Wildman–Crippen LogP) is 5.22. The number of hydrogen-bond acceptors (Lipinski definition) is 9. The predicted molar refractivity (Wildman–Crippen MR) is 139 cm³/mol. The molecule has 2 aromatic carbocycles. The van der Waals surface area contributed by atoms with Crippen molar-refractivity contribution < 1.29 is 22.7 Å². The van der Waals surface area contributed by atoms with Gasteiger partial charge in [0.05, 0.1) is 27.8 Å². The van der Waals surface area contributed by atoms with Crippen LogP contribution in [-0.4, -0.2) is 43.3 Å². The van der Waals surface area contributed by atoms with Crippen molar-refractivity contribution in [2.45, 2.75) is 30.4 Å². The zero-order chi connectivity index (χ0) is 25.9. The Morgan fingerprint density at radius 2 is 1.97 bits per heavy atom. The summed E-state index contributed by atoms with van der Waals surface area (Å²) in [6.45, 7) is 3.79. The van der Waals surface area contributed by atoms with Crippen molar-refractivity contribution in [2.24, 2.45) is 0 Å². The number of nitrogens with one attached hydrogen (secondary N) is 2. The highest BCUT2D eigenvalue weighted by molar-refractivity contribution is 7.92. The van der Waals surface area contributed by atoms with Crippen molar-refractivity contribution in [3.05, 3.63) is 65.0 Å². The van der Waals surface area contributed by atoms with Crippen LogP contribution in [0.15, 0.2) is 59.3 Å². The summed E-state index contributed by atoms with van der Waals surface area (Å²) in [7, 11) is -2.10. The minimum atomic E-state index is -3.44. The van der Waals surface area contributed by atoms with Crippen LogP contribution in [0.2, 0.25) is 5.02 Å². The molecule has 11 heteroatoms. The highest BCUT2D eigenvalue weighted by Crippen LogP contribution is 2.35. The summed E-state index contributed by atoms with van der Waals surface area (Å²) < 4.78 is 35.7. The Morgan fingerprint density at radius 3 is 2.69 bits per heavy atom. The number of carbonyl (C=O) groups excluding carboxylic acids is 1. The number of fused-ring (bicyclic) bond motifs is 1. The number of carbonyl (C=O) groups is 1. The number of aromatic nitrogens is 2. The maximum atomic E-state index is 12.5. The van der Waals surface area contributed by atoms with Crippen LogP contribution in [-0.2, 0) is 19.4 Å². The summed E-state index contributed by atoms with van der Waals surface area (Å²) in [5.74, 6) is 1.37. The number of sulfone groups is 1. The monoisotopic (exact) mass is 528 g/mol. The third kappa shape index (κ3) is 5.44. The average molecular weight is 529 g/mol. The lowest BCUT2D eigenvalue weighted by Crippen LogP contribution is -2.13. The van der Waals surface area contributed by atoms with Gasteiger partial charge in [0, 0.05) is 17.8 Å². The number of hydrogen-bond donors (Lipinski definition) is 2. The van der Waals surface area contributed by atoms with Gasteiger partial charge in [-0.15, -0.1) is 0 Å². The van der Waals surface area contributed by atoms with E-state index >= 15 is 0 Å². The Kier molecular flexibility index (Phi) is 7.46. The van der Waals surface area contributed by atoms with E-state index in [-0.39, 0.29) is 4.90 Å². The molecule has 0 saturated heterocycles. The molecular weight excluding hydrogens is 504 g/mol. The molecule has 36 heavy (non-hydrogen) atoms. The number of halogens is 1. The van der Waals surface area contributed by atoms with Gasteiger partial charge in [-0.05, 0) is 62.7 Å². The molecule has 0 bridgehead atoms. The van der Waals surface area contributed by atoms with Gasteiger partial charge in [-0.25, -0.2) is 23.2 Å². The van der Waals surface area contributed by atoms with Gasteiger partial charge in [0.15, 0.2) is 9.84 Å². The molecule has 1 aliphatic rings. The molecule has 0 unspecified atom stereocenters. The second-order valence-electron chi connectivity index (χ2n) is 8.26. The quantitative estimate of drug-likeness (QED) is 0.397. The average Bonchev–Trinajstić information content (AvgIpc) is 3.09. The number of rotatable bonds is 7. The lowest BCUT2D eigenvalue weighted by atomic mass is 10.1.